The Bertz CT molecular complexity index is 1600. The number of carbonyl (C=O) groups excluding carboxylic acids is 1. The van der Waals surface area contributed by atoms with Crippen LogP contribution in [0.15, 0.2) is 78.0 Å². The summed E-state index contributed by atoms with van der Waals surface area (Å²) < 4.78 is 3.17. The maximum absolute atomic E-state index is 12.5. The average molecular weight is 545 g/mol. The predicted molar refractivity (Wildman–Crippen MR) is 158 cm³/mol. The van der Waals surface area contributed by atoms with Crippen molar-refractivity contribution in [2.75, 3.05) is 18.4 Å². The molecule has 9 heteroatoms. The Labute approximate surface area is 230 Å². The molecule has 0 saturated carbocycles. The van der Waals surface area contributed by atoms with Crippen molar-refractivity contribution in [3.05, 3.63) is 94.6 Å². The van der Waals surface area contributed by atoms with E-state index in [1.54, 1.807) is 6.21 Å². The normalized spacial score (nSPS) is 11.7. The van der Waals surface area contributed by atoms with Gasteiger partial charge in [-0.25, -0.2) is 15.2 Å². The number of fused-ring (bicyclic) bond motifs is 2. The lowest BCUT2D eigenvalue weighted by atomic mass is 10.2. The number of carbonyl (C=O) groups is 1. The van der Waals surface area contributed by atoms with E-state index in [4.69, 9.17) is 11.6 Å². The summed E-state index contributed by atoms with van der Waals surface area (Å²) in [6.07, 6.45) is 3.67. The molecule has 0 unspecified atom stereocenters. The topological polar surface area (TPSA) is 74.6 Å². The minimum Gasteiger partial charge on any atom is -0.342 e. The van der Waals surface area contributed by atoms with E-state index in [1.165, 1.54) is 16.9 Å². The second-order valence-corrected chi connectivity index (χ2v) is 10.4. The van der Waals surface area contributed by atoms with Crippen molar-refractivity contribution in [2.45, 2.75) is 26.9 Å². The van der Waals surface area contributed by atoms with Crippen LogP contribution in [0.3, 0.4) is 0 Å². The lowest BCUT2D eigenvalue weighted by Gasteiger charge is -2.17. The van der Waals surface area contributed by atoms with Crippen LogP contribution in [0, 0.1) is 0 Å². The minimum atomic E-state index is -0.441. The van der Waals surface area contributed by atoms with Crippen molar-refractivity contribution in [3.63, 3.8) is 0 Å². The Morgan fingerprint density at radius 3 is 2.71 bits per heavy atom. The van der Waals surface area contributed by atoms with E-state index in [0.717, 1.165) is 56.9 Å². The largest absolute Gasteiger partial charge is 0.342 e. The summed E-state index contributed by atoms with van der Waals surface area (Å²) in [5.41, 5.74) is 7.65. The molecule has 5 rings (SSSR count). The molecule has 0 saturated heterocycles. The van der Waals surface area contributed by atoms with Crippen LogP contribution in [0.25, 0.3) is 21.1 Å². The predicted octanol–water partition coefficient (Wildman–Crippen LogP) is 6.95. The van der Waals surface area contributed by atoms with Crippen molar-refractivity contribution in [2.24, 2.45) is 5.10 Å². The van der Waals surface area contributed by atoms with Crippen molar-refractivity contribution < 1.29 is 4.79 Å². The van der Waals surface area contributed by atoms with Crippen LogP contribution in [0.2, 0.25) is 5.02 Å². The number of amides is 2. The zero-order valence-electron chi connectivity index (χ0n) is 21.3. The highest BCUT2D eigenvalue weighted by Gasteiger charge is 2.11. The van der Waals surface area contributed by atoms with Gasteiger partial charge in [-0.05, 0) is 48.5 Å². The first-order valence-electron chi connectivity index (χ1n) is 12.6. The van der Waals surface area contributed by atoms with Gasteiger partial charge in [0.25, 0.3) is 0 Å². The molecule has 2 aromatic heterocycles. The first kappa shape index (κ1) is 25.9. The summed E-state index contributed by atoms with van der Waals surface area (Å²) in [6.45, 7) is 7.87. The number of thiazole rings is 1. The molecule has 2 N–H and O–H groups in total. The number of nitrogens with one attached hydrogen (secondary N) is 2. The van der Waals surface area contributed by atoms with Gasteiger partial charge in [0.1, 0.15) is 0 Å². The summed E-state index contributed by atoms with van der Waals surface area (Å²) in [5.74, 6) is 0. The first-order chi connectivity index (χ1) is 18.5. The quantitative estimate of drug-likeness (QED) is 0.156. The number of urea groups is 1. The summed E-state index contributed by atoms with van der Waals surface area (Å²) in [4.78, 5) is 19.4. The number of hydrazone groups is 1. The lowest BCUT2D eigenvalue weighted by Crippen LogP contribution is -2.24. The average Bonchev–Trinajstić information content (AvgIpc) is 3.48. The summed E-state index contributed by atoms with van der Waals surface area (Å²) >= 11 is 7.83. The summed E-state index contributed by atoms with van der Waals surface area (Å²) in [6, 6.07) is 21.7. The highest BCUT2D eigenvalue weighted by molar-refractivity contribution is 7.22. The fourth-order valence-corrected chi connectivity index (χ4v) is 5.55. The molecular weight excluding hydrogens is 516 g/mol. The number of anilines is 1. The smallest absolute Gasteiger partial charge is 0.341 e. The molecule has 2 amide bonds. The van der Waals surface area contributed by atoms with E-state index in [0.29, 0.717) is 11.7 Å². The minimum absolute atomic E-state index is 0.441. The standard InChI is InChI=1S/C29H29ClN6OS/c1-3-35(4-2)17-20-13-14-25-27(15-20)38-29(32-25)33-28(37)34-31-16-22-19-36(26-12-8-6-10-23(22)26)18-21-9-5-7-11-24(21)30/h5-16,19H,3-4,17-18H2,1-2H3,(H2,32,33,34,37)/b31-16+. The van der Waals surface area contributed by atoms with Gasteiger partial charge in [0.05, 0.1) is 16.4 Å². The Hall–Kier alpha value is -3.72. The maximum Gasteiger partial charge on any atom is 0.341 e. The Morgan fingerprint density at radius 1 is 1.11 bits per heavy atom. The zero-order chi connectivity index (χ0) is 26.5. The zero-order valence-corrected chi connectivity index (χ0v) is 22.9. The van der Waals surface area contributed by atoms with Gasteiger partial charge in [-0.2, -0.15) is 5.10 Å². The van der Waals surface area contributed by atoms with E-state index in [9.17, 15) is 4.79 Å². The van der Waals surface area contributed by atoms with Gasteiger partial charge in [-0.3, -0.25) is 10.2 Å². The number of para-hydroxylation sites is 1. The Morgan fingerprint density at radius 2 is 1.89 bits per heavy atom. The Balaban J connectivity index is 1.26. The van der Waals surface area contributed by atoms with E-state index >= 15 is 0 Å². The number of hydrogen-bond acceptors (Lipinski definition) is 5. The molecule has 38 heavy (non-hydrogen) atoms. The number of hydrogen-bond donors (Lipinski definition) is 2. The summed E-state index contributed by atoms with van der Waals surface area (Å²) in [7, 11) is 0. The van der Waals surface area contributed by atoms with Gasteiger partial charge in [0, 0.05) is 40.8 Å². The van der Waals surface area contributed by atoms with Gasteiger partial charge in [0.2, 0.25) is 0 Å². The molecule has 0 spiro atoms. The van der Waals surface area contributed by atoms with Gasteiger partial charge >= 0.3 is 6.03 Å². The SMILES string of the molecule is CCN(CC)Cc1ccc2nc(NC(=O)N/N=C/c3cn(Cc4ccccc4Cl)c4ccccc34)sc2c1. The van der Waals surface area contributed by atoms with E-state index in [2.05, 4.69) is 62.3 Å². The molecule has 5 aromatic rings. The second kappa shape index (κ2) is 11.8. The summed E-state index contributed by atoms with van der Waals surface area (Å²) in [5, 5.41) is 9.29. The van der Waals surface area contributed by atoms with Crippen LogP contribution in [0.4, 0.5) is 9.93 Å². The molecule has 0 bridgehead atoms. The molecular formula is C29H29ClN6OS. The van der Waals surface area contributed by atoms with Crippen molar-refractivity contribution in [1.29, 1.82) is 0 Å². The van der Waals surface area contributed by atoms with Crippen molar-refractivity contribution in [1.82, 2.24) is 19.9 Å². The van der Waals surface area contributed by atoms with E-state index in [-0.39, 0.29) is 0 Å². The molecule has 3 aromatic carbocycles. The molecule has 7 nitrogen and oxygen atoms in total. The van der Waals surface area contributed by atoms with Crippen LogP contribution in [0.1, 0.15) is 30.5 Å². The molecule has 0 aliphatic heterocycles. The monoisotopic (exact) mass is 544 g/mol. The van der Waals surface area contributed by atoms with E-state index in [1.807, 2.05) is 54.7 Å². The molecule has 0 aliphatic carbocycles. The van der Waals surface area contributed by atoms with E-state index < -0.39 is 6.03 Å². The highest BCUT2D eigenvalue weighted by Crippen LogP contribution is 2.27. The molecule has 0 radical (unpaired) electrons. The number of benzene rings is 3. The number of rotatable bonds is 9. The molecule has 0 atom stereocenters. The van der Waals surface area contributed by atoms with Crippen molar-refractivity contribution in [3.8, 4) is 0 Å². The van der Waals surface area contributed by atoms with Crippen molar-refractivity contribution >= 4 is 61.4 Å². The Kier molecular flexibility index (Phi) is 8.03. The fraction of sp³-hybridized carbons (Fsp3) is 0.207. The fourth-order valence-electron chi connectivity index (χ4n) is 4.43. The molecule has 0 aliphatic rings. The van der Waals surface area contributed by atoms with Crippen LogP contribution in [-0.2, 0) is 13.1 Å². The number of aromatic nitrogens is 2. The highest BCUT2D eigenvalue weighted by atomic mass is 35.5. The maximum atomic E-state index is 12.5. The molecule has 0 fully saturated rings. The third-order valence-corrected chi connectivity index (χ3v) is 7.76. The molecule has 2 heterocycles. The van der Waals surface area contributed by atoms with Gasteiger partial charge in [0.15, 0.2) is 5.13 Å². The third-order valence-electron chi connectivity index (χ3n) is 6.46. The number of nitrogens with zero attached hydrogens (tertiary/aromatic N) is 4. The second-order valence-electron chi connectivity index (χ2n) is 8.93. The molecule has 194 valence electrons. The van der Waals surface area contributed by atoms with Crippen LogP contribution in [0.5, 0.6) is 0 Å². The van der Waals surface area contributed by atoms with Gasteiger partial charge in [-0.15, -0.1) is 0 Å². The lowest BCUT2D eigenvalue weighted by molar-refractivity contribution is 0.252. The van der Waals surface area contributed by atoms with Crippen LogP contribution < -0.4 is 10.7 Å². The third kappa shape index (κ3) is 5.88. The van der Waals surface area contributed by atoms with Gasteiger partial charge in [-0.1, -0.05) is 79.2 Å². The first-order valence-corrected chi connectivity index (χ1v) is 13.8. The van der Waals surface area contributed by atoms with Gasteiger partial charge < -0.3 is 4.57 Å². The van der Waals surface area contributed by atoms with Crippen LogP contribution >= 0.6 is 22.9 Å². The van der Waals surface area contributed by atoms with Crippen LogP contribution in [-0.4, -0.2) is 39.8 Å². The number of halogens is 1.